The zero-order chi connectivity index (χ0) is 24.6. The second-order valence-electron chi connectivity index (χ2n) is 7.51. The summed E-state index contributed by atoms with van der Waals surface area (Å²) >= 11 is 0. The Balaban J connectivity index is 1.78. The van der Waals surface area contributed by atoms with Crippen LogP contribution in [0.15, 0.2) is 84.9 Å². The first kappa shape index (κ1) is 24.5. The number of benzene rings is 3. The summed E-state index contributed by atoms with van der Waals surface area (Å²) in [7, 11) is -2.59. The highest BCUT2D eigenvalue weighted by atomic mass is 32.2. The molecule has 2 amide bonds. The zero-order valence-corrected chi connectivity index (χ0v) is 19.2. The van der Waals surface area contributed by atoms with Crippen LogP contribution in [0.1, 0.15) is 15.9 Å². The molecule has 3 aromatic carbocycles. The molecule has 0 fully saturated rings. The summed E-state index contributed by atoms with van der Waals surface area (Å²) in [5.41, 5.74) is 0.728. The minimum atomic E-state index is -3.79. The van der Waals surface area contributed by atoms with Crippen molar-refractivity contribution >= 4 is 21.7 Å². The van der Waals surface area contributed by atoms with Crippen LogP contribution in [0.25, 0.3) is 0 Å². The van der Waals surface area contributed by atoms with Crippen molar-refractivity contribution in [2.45, 2.75) is 11.8 Å². The Morgan fingerprint density at radius 3 is 2.24 bits per heavy atom. The molecule has 0 aromatic heterocycles. The van der Waals surface area contributed by atoms with Gasteiger partial charge in [0.1, 0.15) is 17.5 Å². The van der Waals surface area contributed by atoms with Crippen molar-refractivity contribution in [3.05, 3.63) is 96.1 Å². The van der Waals surface area contributed by atoms with E-state index in [0.717, 1.165) is 0 Å². The van der Waals surface area contributed by atoms with Crippen LogP contribution >= 0.6 is 0 Å². The lowest BCUT2D eigenvalue weighted by atomic mass is 10.2. The number of sulfone groups is 1. The minimum absolute atomic E-state index is 0.172. The van der Waals surface area contributed by atoms with E-state index < -0.39 is 33.4 Å². The fourth-order valence-corrected chi connectivity index (χ4v) is 4.72. The number of likely N-dealkylation sites (N-methyl/N-ethyl adjacent to an activating group) is 1. The topological polar surface area (TPSA) is 117 Å². The van der Waals surface area contributed by atoms with Gasteiger partial charge in [0.25, 0.3) is 11.8 Å². The Bertz CT molecular complexity index is 1290. The number of rotatable bonds is 9. The molecule has 0 saturated heterocycles. The number of para-hydroxylation sites is 1. The van der Waals surface area contributed by atoms with E-state index in [-0.39, 0.29) is 11.3 Å². The molecule has 174 valence electrons. The molecule has 0 bridgehead atoms. The maximum atomic E-state index is 12.9. The number of hydrogen-bond donors (Lipinski definition) is 1. The second kappa shape index (κ2) is 11.1. The standard InChI is InChI=1S/C25H23N3O5S/c1-28(18-26)25(30)23(17-34(31,32)16-19-9-4-2-5-10-19)27-24(29)20-11-8-14-22(15-20)33-21-12-6-3-7-13-21/h2-15,23H,16-17H2,1H3,(H,27,29). The molecule has 0 saturated carbocycles. The normalized spacial score (nSPS) is 11.6. The van der Waals surface area contributed by atoms with Gasteiger partial charge in [0.2, 0.25) is 0 Å². The Morgan fingerprint density at radius 1 is 0.971 bits per heavy atom. The molecule has 0 aliphatic heterocycles. The molecule has 0 spiro atoms. The summed E-state index contributed by atoms with van der Waals surface area (Å²) in [6.45, 7) is 0. The van der Waals surface area contributed by atoms with Crippen molar-refractivity contribution in [2.24, 2.45) is 0 Å². The third-order valence-electron chi connectivity index (χ3n) is 4.81. The minimum Gasteiger partial charge on any atom is -0.457 e. The van der Waals surface area contributed by atoms with Gasteiger partial charge in [0.15, 0.2) is 16.0 Å². The van der Waals surface area contributed by atoms with Crippen molar-refractivity contribution < 1.29 is 22.7 Å². The van der Waals surface area contributed by atoms with Crippen LogP contribution in [0, 0.1) is 11.5 Å². The molecule has 0 aliphatic carbocycles. The predicted molar refractivity (Wildman–Crippen MR) is 127 cm³/mol. The van der Waals surface area contributed by atoms with E-state index in [1.807, 2.05) is 18.2 Å². The first-order valence-electron chi connectivity index (χ1n) is 10.3. The van der Waals surface area contributed by atoms with Gasteiger partial charge < -0.3 is 10.1 Å². The van der Waals surface area contributed by atoms with E-state index in [0.29, 0.717) is 22.0 Å². The van der Waals surface area contributed by atoms with Crippen LogP contribution in [0.3, 0.4) is 0 Å². The van der Waals surface area contributed by atoms with Gasteiger partial charge in [-0.3, -0.25) is 14.5 Å². The summed E-state index contributed by atoms with van der Waals surface area (Å²) in [5, 5.41) is 11.6. The summed E-state index contributed by atoms with van der Waals surface area (Å²) in [6.07, 6.45) is 1.65. The first-order chi connectivity index (χ1) is 16.3. The lowest BCUT2D eigenvalue weighted by Gasteiger charge is -2.20. The number of amides is 2. The Morgan fingerprint density at radius 2 is 1.59 bits per heavy atom. The second-order valence-corrected chi connectivity index (χ2v) is 9.62. The molecule has 1 N–H and O–H groups in total. The Labute approximate surface area is 198 Å². The van der Waals surface area contributed by atoms with Crippen molar-refractivity contribution in [2.75, 3.05) is 12.8 Å². The van der Waals surface area contributed by atoms with Gasteiger partial charge in [0, 0.05) is 12.6 Å². The van der Waals surface area contributed by atoms with Crippen LogP contribution in [0.4, 0.5) is 0 Å². The van der Waals surface area contributed by atoms with E-state index in [1.54, 1.807) is 60.8 Å². The largest absolute Gasteiger partial charge is 0.457 e. The van der Waals surface area contributed by atoms with Gasteiger partial charge in [-0.25, -0.2) is 8.42 Å². The summed E-state index contributed by atoms with van der Waals surface area (Å²) in [6, 6.07) is 22.3. The van der Waals surface area contributed by atoms with Gasteiger partial charge in [-0.1, -0.05) is 54.6 Å². The molecule has 9 heteroatoms. The maximum Gasteiger partial charge on any atom is 0.258 e. The zero-order valence-electron chi connectivity index (χ0n) is 18.4. The third kappa shape index (κ3) is 6.92. The number of hydrogen-bond acceptors (Lipinski definition) is 6. The van der Waals surface area contributed by atoms with E-state index >= 15 is 0 Å². The van der Waals surface area contributed by atoms with Gasteiger partial charge in [-0.05, 0) is 35.9 Å². The molecule has 1 unspecified atom stereocenters. The predicted octanol–water partition coefficient (Wildman–Crippen LogP) is 3.13. The van der Waals surface area contributed by atoms with Crippen molar-refractivity contribution in [3.63, 3.8) is 0 Å². The van der Waals surface area contributed by atoms with Gasteiger partial charge >= 0.3 is 0 Å². The molecular formula is C25H23N3O5S. The Hall–Kier alpha value is -4.16. The van der Waals surface area contributed by atoms with Crippen LogP contribution < -0.4 is 10.1 Å². The smallest absolute Gasteiger partial charge is 0.258 e. The molecule has 8 nitrogen and oxygen atoms in total. The number of nitrogens with one attached hydrogen (secondary N) is 1. The monoisotopic (exact) mass is 477 g/mol. The molecular weight excluding hydrogens is 454 g/mol. The number of carbonyl (C=O) groups excluding carboxylic acids is 2. The highest BCUT2D eigenvalue weighted by Gasteiger charge is 2.30. The first-order valence-corrected chi connectivity index (χ1v) is 12.1. The molecule has 3 rings (SSSR count). The van der Waals surface area contributed by atoms with E-state index in [2.05, 4.69) is 5.32 Å². The maximum absolute atomic E-state index is 12.9. The molecule has 1 atom stereocenters. The van der Waals surface area contributed by atoms with Crippen LogP contribution in [0.5, 0.6) is 11.5 Å². The van der Waals surface area contributed by atoms with Crippen molar-refractivity contribution in [1.29, 1.82) is 5.26 Å². The number of nitriles is 1. The van der Waals surface area contributed by atoms with Crippen LogP contribution in [-0.2, 0) is 20.4 Å². The fraction of sp³-hybridized carbons (Fsp3) is 0.160. The lowest BCUT2D eigenvalue weighted by molar-refractivity contribution is -0.128. The number of nitrogens with zero attached hydrogens (tertiary/aromatic N) is 2. The molecule has 0 radical (unpaired) electrons. The van der Waals surface area contributed by atoms with E-state index in [1.165, 1.54) is 19.2 Å². The highest BCUT2D eigenvalue weighted by molar-refractivity contribution is 7.90. The van der Waals surface area contributed by atoms with Crippen molar-refractivity contribution in [1.82, 2.24) is 10.2 Å². The fourth-order valence-electron chi connectivity index (χ4n) is 3.17. The molecule has 3 aromatic rings. The molecule has 0 aliphatic rings. The molecule has 0 heterocycles. The summed E-state index contributed by atoms with van der Waals surface area (Å²) < 4.78 is 31.3. The van der Waals surface area contributed by atoms with Crippen molar-refractivity contribution in [3.8, 4) is 17.7 Å². The average Bonchev–Trinajstić information content (AvgIpc) is 2.83. The lowest BCUT2D eigenvalue weighted by Crippen LogP contribution is -2.50. The van der Waals surface area contributed by atoms with E-state index in [9.17, 15) is 18.0 Å². The average molecular weight is 478 g/mol. The third-order valence-corrected chi connectivity index (χ3v) is 6.42. The highest BCUT2D eigenvalue weighted by Crippen LogP contribution is 2.22. The number of carbonyl (C=O) groups is 2. The molecule has 34 heavy (non-hydrogen) atoms. The van der Waals surface area contributed by atoms with Gasteiger partial charge in [0.05, 0.1) is 11.5 Å². The van der Waals surface area contributed by atoms with Gasteiger partial charge in [-0.15, -0.1) is 0 Å². The summed E-state index contributed by atoms with van der Waals surface area (Å²) in [4.78, 5) is 26.3. The van der Waals surface area contributed by atoms with E-state index in [4.69, 9.17) is 10.00 Å². The Kier molecular flexibility index (Phi) is 8.01. The summed E-state index contributed by atoms with van der Waals surface area (Å²) in [5.74, 6) is -1.48. The van der Waals surface area contributed by atoms with Gasteiger partial charge in [-0.2, -0.15) is 5.26 Å². The quantitative estimate of drug-likeness (QED) is 0.374. The van der Waals surface area contributed by atoms with Crippen LogP contribution in [0.2, 0.25) is 0 Å². The van der Waals surface area contributed by atoms with Crippen LogP contribution in [-0.4, -0.2) is 44.0 Å². The SMILES string of the molecule is CN(C#N)C(=O)C(CS(=O)(=O)Cc1ccccc1)NC(=O)c1cccc(Oc2ccccc2)c1. The number of ether oxygens (including phenoxy) is 1.